The summed E-state index contributed by atoms with van der Waals surface area (Å²) in [6.07, 6.45) is 1.08. The molecule has 1 rings (SSSR count). The Morgan fingerprint density at radius 1 is 1.16 bits per heavy atom. The molecule has 0 aromatic heterocycles. The molecular weight excluding hydrogens is 236 g/mol. The van der Waals surface area contributed by atoms with E-state index in [1.54, 1.807) is 4.90 Å². The summed E-state index contributed by atoms with van der Waals surface area (Å²) in [4.78, 5) is 13.7. The molecule has 3 heteroatoms. The van der Waals surface area contributed by atoms with Crippen LogP contribution in [0.15, 0.2) is 24.3 Å². The van der Waals surface area contributed by atoms with Gasteiger partial charge >= 0.3 is 0 Å². The van der Waals surface area contributed by atoms with Gasteiger partial charge in [0, 0.05) is 18.8 Å². The maximum absolute atomic E-state index is 12.0. The highest BCUT2D eigenvalue weighted by Gasteiger charge is 2.11. The van der Waals surface area contributed by atoms with Gasteiger partial charge in [-0.1, -0.05) is 39.8 Å². The lowest BCUT2D eigenvalue weighted by molar-refractivity contribution is -0.117. The summed E-state index contributed by atoms with van der Waals surface area (Å²) in [5, 5.41) is 3.14. The summed E-state index contributed by atoms with van der Waals surface area (Å²) in [5.41, 5.74) is 2.27. The van der Waals surface area contributed by atoms with E-state index in [0.29, 0.717) is 18.5 Å². The van der Waals surface area contributed by atoms with Crippen LogP contribution in [0, 0.1) is 5.92 Å². The Bertz CT molecular complexity index is 396. The Labute approximate surface area is 117 Å². The van der Waals surface area contributed by atoms with Crippen LogP contribution in [0.4, 0.5) is 5.69 Å². The van der Waals surface area contributed by atoms with Crippen molar-refractivity contribution in [3.05, 3.63) is 29.8 Å². The second kappa shape index (κ2) is 7.29. The van der Waals surface area contributed by atoms with Crippen molar-refractivity contribution in [1.29, 1.82) is 0 Å². The van der Waals surface area contributed by atoms with Crippen LogP contribution >= 0.6 is 0 Å². The molecule has 0 radical (unpaired) electrons. The number of nitrogens with one attached hydrogen (secondary N) is 1. The highest BCUT2D eigenvalue weighted by Crippen LogP contribution is 2.16. The number of carbonyl (C=O) groups excluding carboxylic acids is 1. The number of hydrogen-bond acceptors (Lipinski definition) is 2. The third kappa shape index (κ3) is 5.43. The molecule has 0 saturated heterocycles. The van der Waals surface area contributed by atoms with Crippen molar-refractivity contribution in [3.8, 4) is 0 Å². The molecule has 106 valence electrons. The predicted molar refractivity (Wildman–Crippen MR) is 81.5 cm³/mol. The number of hydrogen-bond donors (Lipinski definition) is 1. The smallest absolute Gasteiger partial charge is 0.240 e. The fraction of sp³-hybridized carbons (Fsp3) is 0.562. The summed E-state index contributed by atoms with van der Waals surface area (Å²) in [5.74, 6) is 0.741. The van der Waals surface area contributed by atoms with Gasteiger partial charge in [0.25, 0.3) is 0 Å². The highest BCUT2D eigenvalue weighted by molar-refractivity contribution is 5.94. The van der Waals surface area contributed by atoms with E-state index in [9.17, 15) is 4.79 Å². The predicted octanol–water partition coefficient (Wildman–Crippen LogP) is 2.85. The van der Waals surface area contributed by atoms with E-state index in [2.05, 4.69) is 31.3 Å². The van der Waals surface area contributed by atoms with Crippen molar-refractivity contribution < 1.29 is 4.79 Å². The number of nitrogens with zero attached hydrogens (tertiary/aromatic N) is 1. The van der Waals surface area contributed by atoms with Crippen molar-refractivity contribution in [3.63, 3.8) is 0 Å². The van der Waals surface area contributed by atoms with Crippen molar-refractivity contribution in [1.82, 2.24) is 5.32 Å². The van der Waals surface area contributed by atoms with E-state index in [0.717, 1.165) is 12.1 Å². The zero-order valence-corrected chi connectivity index (χ0v) is 12.7. The lowest BCUT2D eigenvalue weighted by atomic mass is 10.0. The van der Waals surface area contributed by atoms with Gasteiger partial charge in [-0.3, -0.25) is 4.79 Å². The standard InChI is InChI=1S/C16H26N2O/c1-12(2)10-14-6-8-15(9-7-14)18(5)16(19)11-17-13(3)4/h6-9,12-13,17H,10-11H2,1-5H3. The largest absolute Gasteiger partial charge is 0.314 e. The monoisotopic (exact) mass is 262 g/mol. The van der Waals surface area contributed by atoms with Crippen LogP contribution in [0.5, 0.6) is 0 Å². The van der Waals surface area contributed by atoms with Crippen molar-refractivity contribution >= 4 is 11.6 Å². The Kier molecular flexibility index (Phi) is 6.03. The minimum Gasteiger partial charge on any atom is -0.314 e. The van der Waals surface area contributed by atoms with Crippen LogP contribution in [0.25, 0.3) is 0 Å². The van der Waals surface area contributed by atoms with Crippen LogP contribution in [0.3, 0.4) is 0 Å². The molecular formula is C16H26N2O. The summed E-state index contributed by atoms with van der Waals surface area (Å²) < 4.78 is 0. The average molecular weight is 262 g/mol. The molecule has 1 aromatic carbocycles. The highest BCUT2D eigenvalue weighted by atomic mass is 16.2. The molecule has 0 aliphatic rings. The van der Waals surface area contributed by atoms with Crippen LogP contribution < -0.4 is 10.2 Å². The van der Waals surface area contributed by atoms with E-state index in [1.807, 2.05) is 33.0 Å². The van der Waals surface area contributed by atoms with Crippen molar-refractivity contribution in [2.45, 2.75) is 40.2 Å². The van der Waals surface area contributed by atoms with Gasteiger partial charge in [0.2, 0.25) is 5.91 Å². The van der Waals surface area contributed by atoms with Crippen LogP contribution in [-0.2, 0) is 11.2 Å². The fourth-order valence-electron chi connectivity index (χ4n) is 1.88. The number of likely N-dealkylation sites (N-methyl/N-ethyl adjacent to an activating group) is 1. The first kappa shape index (κ1) is 15.7. The molecule has 0 fully saturated rings. The zero-order chi connectivity index (χ0) is 14.4. The van der Waals surface area contributed by atoms with E-state index < -0.39 is 0 Å². The molecule has 0 saturated carbocycles. The second-order valence-corrected chi connectivity index (χ2v) is 5.75. The summed E-state index contributed by atoms with van der Waals surface area (Å²) in [7, 11) is 1.82. The molecule has 0 unspecified atom stereocenters. The SMILES string of the molecule is CC(C)Cc1ccc(N(C)C(=O)CNC(C)C)cc1. The molecule has 0 aliphatic heterocycles. The van der Waals surface area contributed by atoms with Crippen molar-refractivity contribution in [2.24, 2.45) is 5.92 Å². The average Bonchev–Trinajstić information content (AvgIpc) is 2.35. The second-order valence-electron chi connectivity index (χ2n) is 5.75. The first-order valence-electron chi connectivity index (χ1n) is 6.99. The molecule has 0 spiro atoms. The molecule has 0 aliphatic carbocycles. The Morgan fingerprint density at radius 2 is 1.74 bits per heavy atom. The van der Waals surface area contributed by atoms with Gasteiger partial charge in [-0.25, -0.2) is 0 Å². The Hall–Kier alpha value is -1.35. The lowest BCUT2D eigenvalue weighted by Gasteiger charge is -2.19. The molecule has 0 bridgehead atoms. The molecule has 3 nitrogen and oxygen atoms in total. The molecule has 19 heavy (non-hydrogen) atoms. The summed E-state index contributed by atoms with van der Waals surface area (Å²) >= 11 is 0. The van der Waals surface area contributed by atoms with Gasteiger partial charge in [-0.15, -0.1) is 0 Å². The Balaban J connectivity index is 2.61. The Morgan fingerprint density at radius 3 is 2.21 bits per heavy atom. The van der Waals surface area contributed by atoms with Crippen LogP contribution in [0.1, 0.15) is 33.3 Å². The van der Waals surface area contributed by atoms with Gasteiger partial charge in [-0.05, 0) is 30.0 Å². The van der Waals surface area contributed by atoms with E-state index >= 15 is 0 Å². The topological polar surface area (TPSA) is 32.3 Å². The van der Waals surface area contributed by atoms with Crippen LogP contribution in [-0.4, -0.2) is 25.5 Å². The molecule has 1 amide bonds. The number of benzene rings is 1. The van der Waals surface area contributed by atoms with Crippen LogP contribution in [0.2, 0.25) is 0 Å². The fourth-order valence-corrected chi connectivity index (χ4v) is 1.88. The minimum atomic E-state index is 0.0882. The lowest BCUT2D eigenvalue weighted by Crippen LogP contribution is -2.38. The summed E-state index contributed by atoms with van der Waals surface area (Å²) in [6, 6.07) is 8.57. The number of amides is 1. The first-order valence-corrected chi connectivity index (χ1v) is 6.99. The first-order chi connectivity index (χ1) is 8.90. The molecule has 1 aromatic rings. The van der Waals surface area contributed by atoms with Gasteiger partial charge in [0.05, 0.1) is 6.54 Å². The molecule has 0 heterocycles. The summed E-state index contributed by atoms with van der Waals surface area (Å²) in [6.45, 7) is 8.87. The third-order valence-corrected chi connectivity index (χ3v) is 3.00. The van der Waals surface area contributed by atoms with Crippen molar-refractivity contribution in [2.75, 3.05) is 18.5 Å². The van der Waals surface area contributed by atoms with E-state index in [1.165, 1.54) is 5.56 Å². The number of anilines is 1. The zero-order valence-electron chi connectivity index (χ0n) is 12.7. The van der Waals surface area contributed by atoms with Gasteiger partial charge in [0.15, 0.2) is 0 Å². The number of rotatable bonds is 6. The normalized spacial score (nSPS) is 11.1. The maximum atomic E-state index is 12.0. The number of carbonyl (C=O) groups is 1. The van der Waals surface area contributed by atoms with Gasteiger partial charge in [0.1, 0.15) is 0 Å². The molecule has 1 N–H and O–H groups in total. The molecule has 0 atom stereocenters. The third-order valence-electron chi connectivity index (χ3n) is 3.00. The minimum absolute atomic E-state index is 0.0882. The van der Waals surface area contributed by atoms with Gasteiger partial charge in [-0.2, -0.15) is 0 Å². The van der Waals surface area contributed by atoms with E-state index in [4.69, 9.17) is 0 Å². The maximum Gasteiger partial charge on any atom is 0.240 e. The quantitative estimate of drug-likeness (QED) is 0.855. The van der Waals surface area contributed by atoms with Gasteiger partial charge < -0.3 is 10.2 Å². The van der Waals surface area contributed by atoms with E-state index in [-0.39, 0.29) is 5.91 Å².